The summed E-state index contributed by atoms with van der Waals surface area (Å²) < 4.78 is 15.8. The summed E-state index contributed by atoms with van der Waals surface area (Å²) in [5, 5.41) is 11.8. The molecule has 0 saturated heterocycles. The molecule has 1 amide bonds. The monoisotopic (exact) mass is 438 g/mol. The van der Waals surface area contributed by atoms with Gasteiger partial charge in [0.15, 0.2) is 11.0 Å². The Labute approximate surface area is 183 Å². The van der Waals surface area contributed by atoms with Gasteiger partial charge in [0, 0.05) is 7.05 Å². The third-order valence-corrected chi connectivity index (χ3v) is 5.99. The first-order chi connectivity index (χ1) is 14.9. The van der Waals surface area contributed by atoms with Gasteiger partial charge in [-0.25, -0.2) is 9.37 Å². The standard InChI is InChI=1S/C22H23FN6OS/c1-13(2)19(20-24-16-10-6-7-11-17(16)25-20)26-18(30)12-31-22-28-27-21(29(22)3)14-8-4-5-9-15(14)23/h4-11,13,19H,12H2,1-3H3,(H,24,25)(H,26,30). The lowest BCUT2D eigenvalue weighted by Gasteiger charge is -2.20. The molecule has 2 aromatic heterocycles. The molecule has 1 atom stereocenters. The fourth-order valence-electron chi connectivity index (χ4n) is 3.33. The van der Waals surface area contributed by atoms with Gasteiger partial charge in [0.05, 0.1) is 28.4 Å². The minimum atomic E-state index is -0.363. The van der Waals surface area contributed by atoms with Crippen molar-refractivity contribution in [2.75, 3.05) is 5.75 Å². The zero-order chi connectivity index (χ0) is 22.0. The number of carbonyl (C=O) groups excluding carboxylic acids is 1. The zero-order valence-corrected chi connectivity index (χ0v) is 18.3. The minimum Gasteiger partial charge on any atom is -0.345 e. The van der Waals surface area contributed by atoms with E-state index in [0.717, 1.165) is 16.9 Å². The molecule has 9 heteroatoms. The van der Waals surface area contributed by atoms with E-state index in [0.29, 0.717) is 16.5 Å². The van der Waals surface area contributed by atoms with Gasteiger partial charge in [-0.2, -0.15) is 0 Å². The predicted molar refractivity (Wildman–Crippen MR) is 119 cm³/mol. The maximum Gasteiger partial charge on any atom is 0.231 e. The highest BCUT2D eigenvalue weighted by molar-refractivity contribution is 7.99. The van der Waals surface area contributed by atoms with Crippen LogP contribution >= 0.6 is 11.8 Å². The molecule has 160 valence electrons. The van der Waals surface area contributed by atoms with Crippen molar-refractivity contribution in [2.24, 2.45) is 13.0 Å². The number of para-hydroxylation sites is 2. The van der Waals surface area contributed by atoms with Gasteiger partial charge in [-0.1, -0.05) is 49.9 Å². The summed E-state index contributed by atoms with van der Waals surface area (Å²) in [7, 11) is 1.76. The smallest absolute Gasteiger partial charge is 0.231 e. The van der Waals surface area contributed by atoms with E-state index in [1.54, 1.807) is 29.8 Å². The van der Waals surface area contributed by atoms with Crippen LogP contribution in [-0.2, 0) is 11.8 Å². The van der Waals surface area contributed by atoms with Gasteiger partial charge >= 0.3 is 0 Å². The molecule has 2 aromatic carbocycles. The third-order valence-electron chi connectivity index (χ3n) is 4.97. The summed E-state index contributed by atoms with van der Waals surface area (Å²) in [5.41, 5.74) is 2.18. The van der Waals surface area contributed by atoms with Crippen molar-refractivity contribution in [1.29, 1.82) is 0 Å². The van der Waals surface area contributed by atoms with E-state index in [1.165, 1.54) is 17.8 Å². The molecule has 0 aliphatic carbocycles. The molecule has 0 aliphatic heterocycles. The number of hydrogen-bond acceptors (Lipinski definition) is 5. The number of nitrogens with one attached hydrogen (secondary N) is 2. The number of rotatable bonds is 7. The van der Waals surface area contributed by atoms with E-state index < -0.39 is 0 Å². The van der Waals surface area contributed by atoms with Crippen LogP contribution in [0.2, 0.25) is 0 Å². The molecule has 1 unspecified atom stereocenters. The van der Waals surface area contributed by atoms with Crippen LogP contribution in [0.3, 0.4) is 0 Å². The third kappa shape index (κ3) is 4.46. The lowest BCUT2D eigenvalue weighted by Crippen LogP contribution is -2.33. The Kier molecular flexibility index (Phi) is 6.03. The lowest BCUT2D eigenvalue weighted by atomic mass is 10.0. The number of aromatic nitrogens is 5. The van der Waals surface area contributed by atoms with Crippen molar-refractivity contribution in [3.8, 4) is 11.4 Å². The Hall–Kier alpha value is -3.20. The van der Waals surface area contributed by atoms with Crippen molar-refractivity contribution < 1.29 is 9.18 Å². The minimum absolute atomic E-state index is 0.139. The van der Waals surface area contributed by atoms with E-state index in [-0.39, 0.29) is 29.4 Å². The largest absolute Gasteiger partial charge is 0.345 e. The number of imidazole rings is 1. The summed E-state index contributed by atoms with van der Waals surface area (Å²) in [6, 6.07) is 13.9. The van der Waals surface area contributed by atoms with E-state index in [9.17, 15) is 9.18 Å². The maximum absolute atomic E-state index is 14.1. The molecule has 7 nitrogen and oxygen atoms in total. The summed E-state index contributed by atoms with van der Waals surface area (Å²) >= 11 is 1.25. The van der Waals surface area contributed by atoms with Crippen LogP contribution < -0.4 is 5.32 Å². The van der Waals surface area contributed by atoms with Crippen molar-refractivity contribution in [1.82, 2.24) is 30.0 Å². The maximum atomic E-state index is 14.1. The number of thioether (sulfide) groups is 1. The molecular weight excluding hydrogens is 415 g/mol. The summed E-state index contributed by atoms with van der Waals surface area (Å²) in [4.78, 5) is 20.6. The number of amides is 1. The molecule has 0 radical (unpaired) electrons. The molecule has 0 bridgehead atoms. The molecule has 0 saturated carbocycles. The predicted octanol–water partition coefficient (Wildman–Crippen LogP) is 4.10. The Morgan fingerprint density at radius 3 is 2.65 bits per heavy atom. The van der Waals surface area contributed by atoms with Crippen LogP contribution in [0.25, 0.3) is 22.4 Å². The fourth-order valence-corrected chi connectivity index (χ4v) is 4.06. The molecule has 0 spiro atoms. The molecule has 4 rings (SSSR count). The van der Waals surface area contributed by atoms with Crippen LogP contribution in [0.1, 0.15) is 25.7 Å². The lowest BCUT2D eigenvalue weighted by molar-refractivity contribution is -0.119. The highest BCUT2D eigenvalue weighted by Gasteiger charge is 2.22. The highest BCUT2D eigenvalue weighted by atomic mass is 32.2. The quantitative estimate of drug-likeness (QED) is 0.424. The topological polar surface area (TPSA) is 88.5 Å². The normalized spacial score (nSPS) is 12.4. The first-order valence-electron chi connectivity index (χ1n) is 9.95. The number of H-pyrrole nitrogens is 1. The highest BCUT2D eigenvalue weighted by Crippen LogP contribution is 2.26. The van der Waals surface area contributed by atoms with Crippen molar-refractivity contribution in [3.05, 3.63) is 60.2 Å². The van der Waals surface area contributed by atoms with Gasteiger partial charge in [-0.15, -0.1) is 10.2 Å². The van der Waals surface area contributed by atoms with Crippen LogP contribution in [0.5, 0.6) is 0 Å². The molecule has 0 fully saturated rings. The van der Waals surface area contributed by atoms with Crippen LogP contribution in [-0.4, -0.2) is 36.4 Å². The Balaban J connectivity index is 1.44. The van der Waals surface area contributed by atoms with Crippen LogP contribution in [0.4, 0.5) is 4.39 Å². The summed E-state index contributed by atoms with van der Waals surface area (Å²) in [5.74, 6) is 0.958. The van der Waals surface area contributed by atoms with E-state index in [1.807, 2.05) is 38.1 Å². The molecule has 2 N–H and O–H groups in total. The Morgan fingerprint density at radius 2 is 1.90 bits per heavy atom. The average molecular weight is 439 g/mol. The second-order valence-corrected chi connectivity index (χ2v) is 8.50. The zero-order valence-electron chi connectivity index (χ0n) is 17.5. The molecule has 31 heavy (non-hydrogen) atoms. The number of carbonyl (C=O) groups is 1. The van der Waals surface area contributed by atoms with E-state index in [4.69, 9.17) is 0 Å². The molecule has 2 heterocycles. The average Bonchev–Trinajstić information content (AvgIpc) is 3.34. The number of halogens is 1. The molecule has 0 aliphatic rings. The first kappa shape index (κ1) is 21.0. The van der Waals surface area contributed by atoms with Crippen molar-refractivity contribution in [2.45, 2.75) is 25.0 Å². The SMILES string of the molecule is CC(C)C(NC(=O)CSc1nnc(-c2ccccc2F)n1C)c1nc2ccccc2[nH]1. The Morgan fingerprint density at radius 1 is 1.16 bits per heavy atom. The van der Waals surface area contributed by atoms with Gasteiger partial charge in [0.1, 0.15) is 11.6 Å². The number of hydrogen-bond donors (Lipinski definition) is 2. The van der Waals surface area contributed by atoms with Crippen molar-refractivity contribution >= 4 is 28.7 Å². The molecular formula is C22H23FN6OS. The summed E-state index contributed by atoms with van der Waals surface area (Å²) in [6.07, 6.45) is 0. The molecule has 4 aromatic rings. The van der Waals surface area contributed by atoms with E-state index >= 15 is 0 Å². The van der Waals surface area contributed by atoms with Gasteiger partial charge in [0.2, 0.25) is 5.91 Å². The number of benzene rings is 2. The van der Waals surface area contributed by atoms with Crippen LogP contribution in [0.15, 0.2) is 53.7 Å². The van der Waals surface area contributed by atoms with Crippen molar-refractivity contribution in [3.63, 3.8) is 0 Å². The second kappa shape index (κ2) is 8.89. The van der Waals surface area contributed by atoms with Gasteiger partial charge in [-0.3, -0.25) is 4.79 Å². The Bertz CT molecular complexity index is 1180. The van der Waals surface area contributed by atoms with Gasteiger partial charge in [-0.05, 0) is 30.2 Å². The fraction of sp³-hybridized carbons (Fsp3) is 0.273. The van der Waals surface area contributed by atoms with Gasteiger partial charge < -0.3 is 14.9 Å². The number of aromatic amines is 1. The summed E-state index contributed by atoms with van der Waals surface area (Å²) in [6.45, 7) is 4.07. The number of nitrogens with zero attached hydrogens (tertiary/aromatic N) is 4. The first-order valence-corrected chi connectivity index (χ1v) is 10.9. The number of fused-ring (bicyclic) bond motifs is 1. The van der Waals surface area contributed by atoms with Crippen LogP contribution in [0, 0.1) is 11.7 Å². The van der Waals surface area contributed by atoms with E-state index in [2.05, 4.69) is 25.5 Å². The second-order valence-electron chi connectivity index (χ2n) is 7.56. The van der Waals surface area contributed by atoms with Gasteiger partial charge in [0.25, 0.3) is 0 Å².